The van der Waals surface area contributed by atoms with Gasteiger partial charge in [0.25, 0.3) is 5.91 Å². The third-order valence-corrected chi connectivity index (χ3v) is 3.82. The van der Waals surface area contributed by atoms with Crippen molar-refractivity contribution in [1.82, 2.24) is 4.98 Å². The Hall–Kier alpha value is -3.06. The van der Waals surface area contributed by atoms with E-state index < -0.39 is 5.91 Å². The number of benzene rings is 2. The van der Waals surface area contributed by atoms with Crippen LogP contribution in [0.3, 0.4) is 0 Å². The first-order chi connectivity index (χ1) is 12.0. The van der Waals surface area contributed by atoms with Gasteiger partial charge in [-0.05, 0) is 36.4 Å². The number of hydrogen-bond donors (Lipinski definition) is 2. The number of azo groups is 1. The van der Waals surface area contributed by atoms with E-state index in [4.69, 9.17) is 21.1 Å². The van der Waals surface area contributed by atoms with Crippen LogP contribution in [0, 0.1) is 0 Å². The average Bonchev–Trinajstić information content (AvgIpc) is 2.93. The first-order valence-electron chi connectivity index (χ1n) is 7.21. The molecule has 1 amide bonds. The molecule has 0 saturated heterocycles. The number of amides is 1. The highest BCUT2D eigenvalue weighted by Crippen LogP contribution is 2.37. The number of methoxy groups -OCH3 is 2. The minimum absolute atomic E-state index is 0.145. The first kappa shape index (κ1) is 16.8. The predicted molar refractivity (Wildman–Crippen MR) is 93.4 cm³/mol. The van der Waals surface area contributed by atoms with Gasteiger partial charge in [-0.3, -0.25) is 4.79 Å². The number of ether oxygens (including phenoxy) is 2. The van der Waals surface area contributed by atoms with Crippen LogP contribution in [0.5, 0.6) is 17.4 Å². The molecule has 25 heavy (non-hydrogen) atoms. The number of aromatic nitrogens is 1. The van der Waals surface area contributed by atoms with Crippen LogP contribution in [0.2, 0.25) is 5.02 Å². The van der Waals surface area contributed by atoms with Gasteiger partial charge in [0, 0.05) is 16.0 Å². The lowest BCUT2D eigenvalue weighted by molar-refractivity contribution is 0.0994. The summed E-state index contributed by atoms with van der Waals surface area (Å²) < 4.78 is 10.3. The quantitative estimate of drug-likeness (QED) is 0.672. The smallest absolute Gasteiger partial charge is 0.295 e. The molecule has 1 heterocycles. The lowest BCUT2D eigenvalue weighted by Gasteiger charge is -2.07. The zero-order chi connectivity index (χ0) is 18.0. The molecule has 3 aromatic rings. The molecule has 2 N–H and O–H groups in total. The molecule has 7 nitrogen and oxygen atoms in total. The third kappa shape index (κ3) is 3.27. The molecule has 0 unspecified atom stereocenters. The molecule has 8 heteroatoms. The first-order valence-corrected chi connectivity index (χ1v) is 7.59. The van der Waals surface area contributed by atoms with Gasteiger partial charge < -0.3 is 19.6 Å². The molecule has 0 saturated carbocycles. The second-order valence-electron chi connectivity index (χ2n) is 5.09. The summed E-state index contributed by atoms with van der Waals surface area (Å²) >= 11 is 5.96. The molecule has 2 aromatic carbocycles. The summed E-state index contributed by atoms with van der Waals surface area (Å²) in [5.41, 5.74) is 1.06. The molecule has 0 atom stereocenters. The van der Waals surface area contributed by atoms with E-state index in [1.54, 1.807) is 30.3 Å². The number of carbonyl (C=O) groups excluding carboxylic acids is 1. The van der Waals surface area contributed by atoms with Crippen LogP contribution in [-0.4, -0.2) is 30.2 Å². The molecule has 0 radical (unpaired) electrons. The molecule has 1 aromatic heterocycles. The summed E-state index contributed by atoms with van der Waals surface area (Å²) in [6.07, 6.45) is 0. The maximum absolute atomic E-state index is 12.2. The standard InChI is InChI=1S/C17H14ClN3O4/c1-24-13-6-3-9(7-14(13)25-2)16(22)21-20-15-11-8-10(18)4-5-12(11)19-17(15)23/h3-8,19,23H,1-2H3. The Morgan fingerprint density at radius 1 is 1.12 bits per heavy atom. The van der Waals surface area contributed by atoms with Crippen molar-refractivity contribution in [3.63, 3.8) is 0 Å². The Balaban J connectivity index is 1.93. The van der Waals surface area contributed by atoms with Crippen molar-refractivity contribution in [2.75, 3.05) is 14.2 Å². The SMILES string of the molecule is COc1ccc(C(=O)N=Nc2c(O)[nH]c3ccc(Cl)cc23)cc1OC. The zero-order valence-corrected chi connectivity index (χ0v) is 14.2. The lowest BCUT2D eigenvalue weighted by atomic mass is 10.2. The Morgan fingerprint density at radius 2 is 1.88 bits per heavy atom. The van der Waals surface area contributed by atoms with E-state index in [-0.39, 0.29) is 17.1 Å². The summed E-state index contributed by atoms with van der Waals surface area (Å²) in [6, 6.07) is 9.66. The Morgan fingerprint density at radius 3 is 2.60 bits per heavy atom. The van der Waals surface area contributed by atoms with Gasteiger partial charge in [0.2, 0.25) is 5.88 Å². The second-order valence-corrected chi connectivity index (χ2v) is 5.52. The number of nitrogens with one attached hydrogen (secondary N) is 1. The fourth-order valence-electron chi connectivity index (χ4n) is 2.36. The number of fused-ring (bicyclic) bond motifs is 1. The second kappa shape index (κ2) is 6.82. The Bertz CT molecular complexity index is 981. The number of nitrogens with zero attached hydrogens (tertiary/aromatic N) is 2. The van der Waals surface area contributed by atoms with E-state index in [9.17, 15) is 9.90 Å². The Labute approximate surface area is 147 Å². The van der Waals surface area contributed by atoms with Gasteiger partial charge in [-0.2, -0.15) is 0 Å². The minimum Gasteiger partial charge on any atom is -0.493 e. The van der Waals surface area contributed by atoms with E-state index in [2.05, 4.69) is 15.2 Å². The number of carbonyl (C=O) groups is 1. The van der Waals surface area contributed by atoms with Crippen molar-refractivity contribution >= 4 is 34.1 Å². The number of hydrogen-bond acceptors (Lipinski definition) is 5. The van der Waals surface area contributed by atoms with Gasteiger partial charge in [-0.25, -0.2) is 0 Å². The Kier molecular flexibility index (Phi) is 4.58. The van der Waals surface area contributed by atoms with Crippen LogP contribution in [-0.2, 0) is 0 Å². The number of aromatic hydroxyl groups is 1. The van der Waals surface area contributed by atoms with Gasteiger partial charge in [0.15, 0.2) is 17.2 Å². The van der Waals surface area contributed by atoms with Gasteiger partial charge in [-0.15, -0.1) is 10.2 Å². The van der Waals surface area contributed by atoms with Gasteiger partial charge >= 0.3 is 0 Å². The van der Waals surface area contributed by atoms with Crippen LogP contribution in [0.15, 0.2) is 46.6 Å². The van der Waals surface area contributed by atoms with Crippen molar-refractivity contribution < 1.29 is 19.4 Å². The molecule has 0 aliphatic rings. The van der Waals surface area contributed by atoms with E-state index in [1.165, 1.54) is 20.3 Å². The lowest BCUT2D eigenvalue weighted by Crippen LogP contribution is -1.97. The zero-order valence-electron chi connectivity index (χ0n) is 13.4. The van der Waals surface area contributed by atoms with Crippen molar-refractivity contribution in [3.05, 3.63) is 47.0 Å². The monoisotopic (exact) mass is 359 g/mol. The predicted octanol–water partition coefficient (Wildman–Crippen LogP) is 4.47. The molecule has 0 bridgehead atoms. The summed E-state index contributed by atoms with van der Waals surface area (Å²) in [5.74, 6) is 0.128. The maximum atomic E-state index is 12.2. The number of rotatable bonds is 4. The van der Waals surface area contributed by atoms with Gasteiger partial charge in [0.05, 0.1) is 19.7 Å². The van der Waals surface area contributed by atoms with Gasteiger partial charge in [-0.1, -0.05) is 11.6 Å². The van der Waals surface area contributed by atoms with Crippen molar-refractivity contribution in [2.45, 2.75) is 0 Å². The molecular formula is C17H14ClN3O4. The number of halogens is 1. The third-order valence-electron chi connectivity index (χ3n) is 3.59. The summed E-state index contributed by atoms with van der Waals surface area (Å²) in [7, 11) is 2.98. The van der Waals surface area contributed by atoms with Crippen LogP contribution in [0.4, 0.5) is 5.69 Å². The molecule has 0 aliphatic carbocycles. The topological polar surface area (TPSA) is 96.3 Å². The largest absolute Gasteiger partial charge is 0.493 e. The van der Waals surface area contributed by atoms with Crippen LogP contribution in [0.1, 0.15) is 10.4 Å². The van der Waals surface area contributed by atoms with E-state index >= 15 is 0 Å². The highest BCUT2D eigenvalue weighted by Gasteiger charge is 2.13. The molecule has 0 aliphatic heterocycles. The molecular weight excluding hydrogens is 346 g/mol. The molecule has 0 fully saturated rings. The van der Waals surface area contributed by atoms with E-state index in [0.29, 0.717) is 27.4 Å². The fraction of sp³-hybridized carbons (Fsp3) is 0.118. The van der Waals surface area contributed by atoms with E-state index in [0.717, 1.165) is 0 Å². The van der Waals surface area contributed by atoms with Gasteiger partial charge in [0.1, 0.15) is 0 Å². The normalized spacial score (nSPS) is 11.2. The summed E-state index contributed by atoms with van der Waals surface area (Å²) in [4.78, 5) is 15.0. The fourth-order valence-corrected chi connectivity index (χ4v) is 2.53. The summed E-state index contributed by atoms with van der Waals surface area (Å²) in [5, 5.41) is 18.6. The van der Waals surface area contributed by atoms with Crippen LogP contribution < -0.4 is 9.47 Å². The van der Waals surface area contributed by atoms with E-state index in [1.807, 2.05) is 0 Å². The molecule has 3 rings (SSSR count). The van der Waals surface area contributed by atoms with Crippen molar-refractivity contribution in [1.29, 1.82) is 0 Å². The average molecular weight is 360 g/mol. The van der Waals surface area contributed by atoms with Crippen molar-refractivity contribution in [3.8, 4) is 17.4 Å². The highest BCUT2D eigenvalue weighted by molar-refractivity contribution is 6.31. The summed E-state index contributed by atoms with van der Waals surface area (Å²) in [6.45, 7) is 0. The number of H-pyrrole nitrogens is 1. The minimum atomic E-state index is -0.586. The number of aromatic amines is 1. The van der Waals surface area contributed by atoms with Crippen LogP contribution >= 0.6 is 11.6 Å². The van der Waals surface area contributed by atoms with Crippen molar-refractivity contribution in [2.24, 2.45) is 10.2 Å². The molecule has 128 valence electrons. The maximum Gasteiger partial charge on any atom is 0.295 e. The molecule has 0 spiro atoms. The highest BCUT2D eigenvalue weighted by atomic mass is 35.5. The van der Waals surface area contributed by atoms with Crippen LogP contribution in [0.25, 0.3) is 10.9 Å².